The molecule has 0 atom stereocenters. The number of hydrogen-bond acceptors (Lipinski definition) is 2. The summed E-state index contributed by atoms with van der Waals surface area (Å²) in [6.07, 6.45) is 0. The van der Waals surface area contributed by atoms with Crippen molar-refractivity contribution in [2.75, 3.05) is 7.05 Å². The molecule has 0 aromatic heterocycles. The van der Waals surface area contributed by atoms with Crippen molar-refractivity contribution in [3.8, 4) is 0 Å². The van der Waals surface area contributed by atoms with E-state index in [-0.39, 0.29) is 4.90 Å². The molecule has 1 rings (SSSR count). The van der Waals surface area contributed by atoms with Gasteiger partial charge in [-0.2, -0.15) is 0 Å². The van der Waals surface area contributed by atoms with Crippen LogP contribution in [0.4, 0.5) is 8.78 Å². The van der Waals surface area contributed by atoms with Gasteiger partial charge in [-0.05, 0) is 37.2 Å². The summed E-state index contributed by atoms with van der Waals surface area (Å²) in [6, 6.07) is 3.35. The van der Waals surface area contributed by atoms with Gasteiger partial charge in [-0.1, -0.05) is 0 Å². The SMILES string of the molecule is CNSc1cc(F)ccc1F. The zero-order valence-electron chi connectivity index (χ0n) is 5.90. The molecule has 1 aromatic carbocycles. The number of rotatable bonds is 2. The second-order valence-corrected chi connectivity index (χ2v) is 2.93. The van der Waals surface area contributed by atoms with E-state index in [4.69, 9.17) is 0 Å². The van der Waals surface area contributed by atoms with E-state index in [0.29, 0.717) is 0 Å². The minimum Gasteiger partial charge on any atom is -0.263 e. The number of nitrogens with one attached hydrogen (secondary N) is 1. The summed E-state index contributed by atoms with van der Waals surface area (Å²) in [5.41, 5.74) is 0. The van der Waals surface area contributed by atoms with Crippen LogP contribution in [0.5, 0.6) is 0 Å². The Bertz CT molecular complexity index is 252. The highest BCUT2D eigenvalue weighted by molar-refractivity contribution is 7.97. The van der Waals surface area contributed by atoms with Crippen molar-refractivity contribution in [3.05, 3.63) is 29.8 Å². The molecule has 60 valence electrons. The summed E-state index contributed by atoms with van der Waals surface area (Å²) in [6.45, 7) is 0. The van der Waals surface area contributed by atoms with Gasteiger partial charge in [0.05, 0.1) is 4.90 Å². The topological polar surface area (TPSA) is 12.0 Å². The number of hydrogen-bond donors (Lipinski definition) is 1. The minimum atomic E-state index is -0.427. The summed E-state index contributed by atoms with van der Waals surface area (Å²) in [4.78, 5) is 0.271. The van der Waals surface area contributed by atoms with E-state index in [1.54, 1.807) is 7.05 Å². The summed E-state index contributed by atoms with van der Waals surface area (Å²) in [5.74, 6) is -0.838. The Kier molecular flexibility index (Phi) is 2.84. The second kappa shape index (κ2) is 3.69. The van der Waals surface area contributed by atoms with Gasteiger partial charge in [0.25, 0.3) is 0 Å². The fraction of sp³-hybridized carbons (Fsp3) is 0.143. The Balaban J connectivity index is 2.93. The van der Waals surface area contributed by atoms with Crippen LogP contribution in [-0.2, 0) is 0 Å². The van der Waals surface area contributed by atoms with E-state index in [1.807, 2.05) is 0 Å². The van der Waals surface area contributed by atoms with Crippen molar-refractivity contribution in [2.45, 2.75) is 4.90 Å². The molecule has 0 saturated heterocycles. The molecule has 1 aromatic rings. The van der Waals surface area contributed by atoms with Crippen LogP contribution in [0, 0.1) is 11.6 Å². The lowest BCUT2D eigenvalue weighted by Crippen LogP contribution is -1.93. The molecule has 1 N–H and O–H groups in total. The minimum absolute atomic E-state index is 0.271. The van der Waals surface area contributed by atoms with Gasteiger partial charge in [-0.3, -0.25) is 4.72 Å². The average molecular weight is 175 g/mol. The first-order chi connectivity index (χ1) is 5.24. The van der Waals surface area contributed by atoms with Gasteiger partial charge in [-0.25, -0.2) is 8.78 Å². The maximum Gasteiger partial charge on any atom is 0.138 e. The van der Waals surface area contributed by atoms with Crippen molar-refractivity contribution < 1.29 is 8.78 Å². The summed E-state index contributed by atoms with van der Waals surface area (Å²) in [7, 11) is 1.65. The maximum atomic E-state index is 12.7. The first kappa shape index (κ1) is 8.49. The first-order valence-electron chi connectivity index (χ1n) is 3.02. The van der Waals surface area contributed by atoms with Gasteiger partial charge < -0.3 is 0 Å². The molecule has 0 amide bonds. The monoisotopic (exact) mass is 175 g/mol. The van der Waals surface area contributed by atoms with Crippen molar-refractivity contribution in [1.82, 2.24) is 4.72 Å². The Morgan fingerprint density at radius 2 is 2.09 bits per heavy atom. The van der Waals surface area contributed by atoms with Crippen LogP contribution < -0.4 is 4.72 Å². The van der Waals surface area contributed by atoms with Gasteiger partial charge in [0.1, 0.15) is 11.6 Å². The Morgan fingerprint density at radius 1 is 1.36 bits per heavy atom. The Hall–Kier alpha value is -0.610. The zero-order valence-corrected chi connectivity index (χ0v) is 6.71. The van der Waals surface area contributed by atoms with Crippen LogP contribution in [0.15, 0.2) is 23.1 Å². The van der Waals surface area contributed by atoms with E-state index in [9.17, 15) is 8.78 Å². The number of benzene rings is 1. The third-order valence-corrected chi connectivity index (χ3v) is 1.84. The van der Waals surface area contributed by atoms with Gasteiger partial charge >= 0.3 is 0 Å². The predicted octanol–water partition coefficient (Wildman–Crippen LogP) is 2.19. The lowest BCUT2D eigenvalue weighted by atomic mass is 10.3. The molecule has 0 bridgehead atoms. The van der Waals surface area contributed by atoms with E-state index < -0.39 is 11.6 Å². The van der Waals surface area contributed by atoms with Gasteiger partial charge in [0.15, 0.2) is 0 Å². The Morgan fingerprint density at radius 3 is 2.73 bits per heavy atom. The predicted molar refractivity (Wildman–Crippen MR) is 41.3 cm³/mol. The third-order valence-electron chi connectivity index (χ3n) is 1.11. The molecule has 0 heterocycles. The molecule has 4 heteroatoms. The first-order valence-corrected chi connectivity index (χ1v) is 3.84. The largest absolute Gasteiger partial charge is 0.263 e. The normalized spacial score (nSPS) is 10.1. The highest BCUT2D eigenvalue weighted by atomic mass is 32.2. The van der Waals surface area contributed by atoms with Crippen molar-refractivity contribution >= 4 is 11.9 Å². The lowest BCUT2D eigenvalue weighted by Gasteiger charge is -1.99. The fourth-order valence-corrected chi connectivity index (χ4v) is 1.22. The maximum absolute atomic E-state index is 12.7. The summed E-state index contributed by atoms with van der Waals surface area (Å²) in [5, 5.41) is 0. The molecule has 1 nitrogen and oxygen atoms in total. The smallest absolute Gasteiger partial charge is 0.138 e. The molecule has 0 fully saturated rings. The number of halogens is 2. The van der Waals surface area contributed by atoms with Gasteiger partial charge in [-0.15, -0.1) is 0 Å². The third kappa shape index (κ3) is 2.17. The molecular formula is C7H7F2NS. The highest BCUT2D eigenvalue weighted by Gasteiger charge is 2.02. The highest BCUT2D eigenvalue weighted by Crippen LogP contribution is 2.18. The van der Waals surface area contributed by atoms with Gasteiger partial charge in [0, 0.05) is 0 Å². The van der Waals surface area contributed by atoms with Gasteiger partial charge in [0.2, 0.25) is 0 Å². The average Bonchev–Trinajstić information content (AvgIpc) is 1.98. The van der Waals surface area contributed by atoms with Crippen LogP contribution in [0.2, 0.25) is 0 Å². The van der Waals surface area contributed by atoms with E-state index in [2.05, 4.69) is 4.72 Å². The van der Waals surface area contributed by atoms with E-state index in [0.717, 1.165) is 30.1 Å². The molecule has 11 heavy (non-hydrogen) atoms. The van der Waals surface area contributed by atoms with E-state index >= 15 is 0 Å². The van der Waals surface area contributed by atoms with Crippen molar-refractivity contribution in [3.63, 3.8) is 0 Å². The molecule has 0 unspecified atom stereocenters. The van der Waals surface area contributed by atoms with Crippen LogP contribution in [0.3, 0.4) is 0 Å². The molecule has 0 aliphatic heterocycles. The van der Waals surface area contributed by atoms with Crippen molar-refractivity contribution in [2.24, 2.45) is 0 Å². The molecule has 0 saturated carbocycles. The summed E-state index contributed by atoms with van der Waals surface area (Å²) >= 11 is 1.05. The quantitative estimate of drug-likeness (QED) is 0.691. The van der Waals surface area contributed by atoms with Crippen LogP contribution in [-0.4, -0.2) is 7.05 Å². The molecule has 0 aliphatic carbocycles. The molecule has 0 aliphatic rings. The van der Waals surface area contributed by atoms with E-state index in [1.165, 1.54) is 0 Å². The zero-order chi connectivity index (χ0) is 8.27. The molecule has 0 spiro atoms. The second-order valence-electron chi connectivity index (χ2n) is 1.88. The Labute approximate surface area is 67.9 Å². The van der Waals surface area contributed by atoms with Crippen LogP contribution in [0.1, 0.15) is 0 Å². The lowest BCUT2D eigenvalue weighted by molar-refractivity contribution is 0.577. The van der Waals surface area contributed by atoms with Crippen LogP contribution in [0.25, 0.3) is 0 Å². The van der Waals surface area contributed by atoms with Crippen molar-refractivity contribution in [1.29, 1.82) is 0 Å². The molecular weight excluding hydrogens is 168 g/mol. The standard InChI is InChI=1S/C7H7F2NS/c1-10-11-7-4-5(8)2-3-6(7)9/h2-4,10H,1H3. The van der Waals surface area contributed by atoms with Crippen LogP contribution >= 0.6 is 11.9 Å². The summed E-state index contributed by atoms with van der Waals surface area (Å²) < 4.78 is 27.9. The molecule has 0 radical (unpaired) electrons. The fourth-order valence-electron chi connectivity index (χ4n) is 0.665.